The second kappa shape index (κ2) is 8.50. The van der Waals surface area contributed by atoms with Crippen molar-refractivity contribution >= 4 is 20.0 Å². The van der Waals surface area contributed by atoms with E-state index in [-0.39, 0.29) is 18.3 Å². The molecule has 1 aromatic carbocycles. The quantitative estimate of drug-likeness (QED) is 0.659. The molecule has 0 unspecified atom stereocenters. The summed E-state index contributed by atoms with van der Waals surface area (Å²) < 4.78 is 52.9. The van der Waals surface area contributed by atoms with Gasteiger partial charge in [-0.3, -0.25) is 4.90 Å². The third kappa shape index (κ3) is 4.75. The minimum Gasteiger partial charge on any atom is -0.296 e. The summed E-state index contributed by atoms with van der Waals surface area (Å²) in [5, 5.41) is 0. The van der Waals surface area contributed by atoms with Gasteiger partial charge in [0.15, 0.2) is 0 Å². The Morgan fingerprint density at radius 2 is 1.97 bits per heavy atom. The first kappa shape index (κ1) is 22.2. The molecule has 0 bridgehead atoms. The smallest absolute Gasteiger partial charge is 0.214 e. The molecule has 1 aromatic rings. The van der Waals surface area contributed by atoms with E-state index in [1.165, 1.54) is 16.7 Å². The van der Waals surface area contributed by atoms with Crippen LogP contribution in [0.1, 0.15) is 48.4 Å². The molecule has 2 saturated heterocycles. The van der Waals surface area contributed by atoms with Gasteiger partial charge in [0, 0.05) is 38.3 Å². The first-order valence-electron chi connectivity index (χ1n) is 10.9. The van der Waals surface area contributed by atoms with E-state index in [0.717, 1.165) is 45.0 Å². The third-order valence-electron chi connectivity index (χ3n) is 6.87. The highest BCUT2D eigenvalue weighted by molar-refractivity contribution is 7.89. The van der Waals surface area contributed by atoms with Crippen LogP contribution in [0.3, 0.4) is 0 Å². The van der Waals surface area contributed by atoms with Crippen LogP contribution in [0.5, 0.6) is 0 Å². The zero-order chi connectivity index (χ0) is 21.5. The number of nitrogens with one attached hydrogen (secondary N) is 1. The highest BCUT2D eigenvalue weighted by atomic mass is 32.2. The molecule has 3 aliphatic rings. The molecule has 0 aliphatic carbocycles. The second-order valence-electron chi connectivity index (χ2n) is 9.12. The number of hydrogen-bond donors (Lipinski definition) is 1. The lowest BCUT2D eigenvalue weighted by Crippen LogP contribution is -2.57. The fraction of sp³-hybridized carbons (Fsp3) is 0.714. The van der Waals surface area contributed by atoms with Crippen LogP contribution in [0.15, 0.2) is 18.2 Å². The lowest BCUT2D eigenvalue weighted by Gasteiger charge is -2.51. The molecule has 0 aromatic heterocycles. The summed E-state index contributed by atoms with van der Waals surface area (Å²) in [6.07, 6.45) is 5.28. The predicted octanol–water partition coefficient (Wildman–Crippen LogP) is 1.65. The molecular weight excluding hydrogens is 422 g/mol. The summed E-state index contributed by atoms with van der Waals surface area (Å²) in [6, 6.07) is 7.01. The molecule has 0 amide bonds. The SMILES string of the molecule is Cc1ccc2c(c1)CCN1C[C@H]3CCCN(S(=O)(=O)CCCNS(C)(=O)=O)[C@H]3C[C@@H]21. The van der Waals surface area contributed by atoms with Gasteiger partial charge in [0.2, 0.25) is 20.0 Å². The van der Waals surface area contributed by atoms with Crippen molar-refractivity contribution < 1.29 is 16.8 Å². The van der Waals surface area contributed by atoms with Gasteiger partial charge in [-0.2, -0.15) is 4.31 Å². The van der Waals surface area contributed by atoms with Gasteiger partial charge in [-0.1, -0.05) is 23.8 Å². The van der Waals surface area contributed by atoms with E-state index in [9.17, 15) is 16.8 Å². The van der Waals surface area contributed by atoms with Gasteiger partial charge >= 0.3 is 0 Å². The average molecular weight is 456 g/mol. The van der Waals surface area contributed by atoms with Gasteiger partial charge in [0.25, 0.3) is 0 Å². The minimum absolute atomic E-state index is 0.0110. The fourth-order valence-corrected chi connectivity index (χ4v) is 7.85. The summed E-state index contributed by atoms with van der Waals surface area (Å²) >= 11 is 0. The normalized spacial score (nSPS) is 27.9. The number of fused-ring (bicyclic) bond motifs is 4. The summed E-state index contributed by atoms with van der Waals surface area (Å²) in [4.78, 5) is 2.56. The number of rotatable bonds is 6. The Morgan fingerprint density at radius 3 is 2.73 bits per heavy atom. The zero-order valence-corrected chi connectivity index (χ0v) is 19.5. The van der Waals surface area contributed by atoms with Crippen LogP contribution in [0.4, 0.5) is 0 Å². The van der Waals surface area contributed by atoms with Crippen LogP contribution >= 0.6 is 0 Å². The molecule has 3 heterocycles. The Kier molecular flexibility index (Phi) is 6.29. The van der Waals surface area contributed by atoms with E-state index in [1.807, 2.05) is 0 Å². The molecule has 1 N–H and O–H groups in total. The summed E-state index contributed by atoms with van der Waals surface area (Å²) in [7, 11) is -6.71. The number of nitrogens with zero attached hydrogens (tertiary/aromatic N) is 2. The Hall–Kier alpha value is -1.00. The lowest BCUT2D eigenvalue weighted by molar-refractivity contribution is 0.0220. The maximum atomic E-state index is 13.2. The molecule has 3 atom stereocenters. The lowest BCUT2D eigenvalue weighted by atomic mass is 9.77. The van der Waals surface area contributed by atoms with Crippen molar-refractivity contribution in [2.75, 3.05) is 38.2 Å². The van der Waals surface area contributed by atoms with E-state index in [1.54, 1.807) is 4.31 Å². The summed E-state index contributed by atoms with van der Waals surface area (Å²) in [6.45, 7) is 4.87. The predicted molar refractivity (Wildman–Crippen MR) is 118 cm³/mol. The van der Waals surface area contributed by atoms with Gasteiger partial charge in [-0.05, 0) is 56.1 Å². The molecule has 4 rings (SSSR count). The van der Waals surface area contributed by atoms with Crippen molar-refractivity contribution in [2.45, 2.75) is 51.1 Å². The third-order valence-corrected chi connectivity index (χ3v) is 9.57. The van der Waals surface area contributed by atoms with Crippen molar-refractivity contribution in [1.29, 1.82) is 0 Å². The Bertz CT molecular complexity index is 994. The highest BCUT2D eigenvalue weighted by Gasteiger charge is 2.45. The fourth-order valence-electron chi connectivity index (χ4n) is 5.52. The van der Waals surface area contributed by atoms with Crippen LogP contribution < -0.4 is 4.72 Å². The minimum atomic E-state index is -3.41. The molecule has 0 saturated carbocycles. The molecule has 9 heteroatoms. The topological polar surface area (TPSA) is 86.8 Å². The molecule has 2 fully saturated rings. The van der Waals surface area contributed by atoms with Crippen molar-refractivity contribution in [2.24, 2.45) is 5.92 Å². The van der Waals surface area contributed by atoms with E-state index < -0.39 is 20.0 Å². The number of benzene rings is 1. The largest absolute Gasteiger partial charge is 0.296 e. The van der Waals surface area contributed by atoms with E-state index >= 15 is 0 Å². The first-order valence-corrected chi connectivity index (χ1v) is 14.4. The van der Waals surface area contributed by atoms with Crippen molar-refractivity contribution in [3.8, 4) is 0 Å². The number of hydrogen-bond acceptors (Lipinski definition) is 5. The molecule has 0 spiro atoms. The first-order chi connectivity index (χ1) is 14.1. The molecule has 30 heavy (non-hydrogen) atoms. The van der Waals surface area contributed by atoms with Crippen LogP contribution in [-0.2, 0) is 26.5 Å². The average Bonchev–Trinajstić information content (AvgIpc) is 2.68. The Balaban J connectivity index is 1.49. The number of aryl methyl sites for hydroxylation is 1. The van der Waals surface area contributed by atoms with E-state index in [4.69, 9.17) is 0 Å². The molecule has 3 aliphatic heterocycles. The molecule has 0 radical (unpaired) electrons. The van der Waals surface area contributed by atoms with Crippen LogP contribution in [0.25, 0.3) is 0 Å². The number of sulfonamides is 2. The maximum absolute atomic E-state index is 13.2. The monoisotopic (exact) mass is 455 g/mol. The molecular formula is C21H33N3O4S2. The molecule has 7 nitrogen and oxygen atoms in total. The maximum Gasteiger partial charge on any atom is 0.214 e. The van der Waals surface area contributed by atoms with Crippen LogP contribution in [0.2, 0.25) is 0 Å². The van der Waals surface area contributed by atoms with Gasteiger partial charge in [0.1, 0.15) is 0 Å². The Labute approximate surface area is 180 Å². The van der Waals surface area contributed by atoms with Gasteiger partial charge < -0.3 is 0 Å². The van der Waals surface area contributed by atoms with Crippen LogP contribution in [-0.4, -0.2) is 70.3 Å². The van der Waals surface area contributed by atoms with Gasteiger partial charge in [0.05, 0.1) is 12.0 Å². The highest BCUT2D eigenvalue weighted by Crippen LogP contribution is 2.43. The van der Waals surface area contributed by atoms with E-state index in [0.29, 0.717) is 24.9 Å². The van der Waals surface area contributed by atoms with Crippen molar-refractivity contribution in [3.63, 3.8) is 0 Å². The van der Waals surface area contributed by atoms with Crippen molar-refractivity contribution in [3.05, 3.63) is 34.9 Å². The summed E-state index contributed by atoms with van der Waals surface area (Å²) in [5.74, 6) is 0.369. The molecule has 168 valence electrons. The zero-order valence-electron chi connectivity index (χ0n) is 17.9. The van der Waals surface area contributed by atoms with Crippen LogP contribution in [0, 0.1) is 12.8 Å². The summed E-state index contributed by atoms with van der Waals surface area (Å²) in [5.41, 5.74) is 4.05. The number of piperidine rings is 2. The van der Waals surface area contributed by atoms with Gasteiger partial charge in [-0.25, -0.2) is 21.6 Å². The van der Waals surface area contributed by atoms with Crippen molar-refractivity contribution in [1.82, 2.24) is 13.9 Å². The standard InChI is InChI=1S/C21H33N3O4S2/c1-16-6-7-19-17(13-16)8-11-23-15-18-5-3-10-24(20(18)14-21(19)23)30(27,28)12-4-9-22-29(2,25)26/h6-7,13,18,20-22H,3-5,8-12,14-15H2,1-2H3/t18-,20+,21+/m1/s1. The second-order valence-corrected chi connectivity index (χ2v) is 13.0. The Morgan fingerprint density at radius 1 is 1.17 bits per heavy atom. The van der Waals surface area contributed by atoms with E-state index in [2.05, 4.69) is 34.7 Å². The van der Waals surface area contributed by atoms with Gasteiger partial charge in [-0.15, -0.1) is 0 Å².